The number of carbonyl (C=O) groups is 1. The molecule has 2 aromatic carbocycles. The van der Waals surface area contributed by atoms with Crippen LogP contribution in [-0.2, 0) is 16.1 Å². The van der Waals surface area contributed by atoms with Crippen molar-refractivity contribution in [3.8, 4) is 0 Å². The molecule has 0 aliphatic rings. The quantitative estimate of drug-likeness (QED) is 0.528. The molecule has 1 aromatic heterocycles. The highest BCUT2D eigenvalue weighted by molar-refractivity contribution is 6.15. The van der Waals surface area contributed by atoms with Crippen LogP contribution in [0.25, 0.3) is 11.8 Å². The van der Waals surface area contributed by atoms with E-state index in [0.717, 1.165) is 5.56 Å². The molecular weight excluding hydrogens is 323 g/mol. The summed E-state index contributed by atoms with van der Waals surface area (Å²) in [5.41, 5.74) is 1.23. The highest BCUT2D eigenvalue weighted by atomic mass is 19.1. The Balaban J connectivity index is 1.87. The number of carbonyl (C=O) groups excluding carboxylic acids is 1. The molecule has 0 radical (unpaired) electrons. The van der Waals surface area contributed by atoms with E-state index in [1.54, 1.807) is 31.2 Å². The molecule has 3 aromatic rings. The van der Waals surface area contributed by atoms with Crippen LogP contribution in [0, 0.1) is 12.7 Å². The van der Waals surface area contributed by atoms with Crippen molar-refractivity contribution in [1.29, 1.82) is 0 Å². The maximum atomic E-state index is 13.7. The Kier molecular flexibility index (Phi) is 4.94. The van der Waals surface area contributed by atoms with Gasteiger partial charge in [0.05, 0.1) is 0 Å². The van der Waals surface area contributed by atoms with Crippen LogP contribution in [0.15, 0.2) is 54.6 Å². The molecule has 0 saturated heterocycles. The lowest BCUT2D eigenvalue weighted by molar-refractivity contribution is -0.138. The standard InChI is InChI=1S/C18H15FN4O2/c1-13-20-21-22-23(13)17(11-14-7-3-2-4-8-14)18(24)25-12-15-9-5-6-10-16(15)19/h2-11H,12H2,1H3/b17-11-. The maximum absolute atomic E-state index is 13.7. The summed E-state index contributed by atoms with van der Waals surface area (Å²) < 4.78 is 20.2. The summed E-state index contributed by atoms with van der Waals surface area (Å²) in [6, 6.07) is 15.4. The fourth-order valence-corrected chi connectivity index (χ4v) is 2.20. The van der Waals surface area contributed by atoms with E-state index in [-0.39, 0.29) is 12.3 Å². The largest absolute Gasteiger partial charge is 0.456 e. The van der Waals surface area contributed by atoms with Gasteiger partial charge < -0.3 is 4.74 Å². The molecule has 0 unspecified atom stereocenters. The molecule has 0 atom stereocenters. The van der Waals surface area contributed by atoms with Gasteiger partial charge in [-0.05, 0) is 35.1 Å². The van der Waals surface area contributed by atoms with E-state index in [1.807, 2.05) is 30.3 Å². The molecule has 25 heavy (non-hydrogen) atoms. The Labute approximate surface area is 143 Å². The van der Waals surface area contributed by atoms with Crippen molar-refractivity contribution in [2.24, 2.45) is 0 Å². The number of rotatable bonds is 5. The van der Waals surface area contributed by atoms with Crippen molar-refractivity contribution in [3.63, 3.8) is 0 Å². The molecule has 1 heterocycles. The molecule has 0 aliphatic carbocycles. The van der Waals surface area contributed by atoms with Gasteiger partial charge in [0, 0.05) is 5.56 Å². The molecule has 6 nitrogen and oxygen atoms in total. The van der Waals surface area contributed by atoms with Crippen molar-refractivity contribution < 1.29 is 13.9 Å². The van der Waals surface area contributed by atoms with Crippen LogP contribution in [0.2, 0.25) is 0 Å². The number of aryl methyl sites for hydroxylation is 1. The number of esters is 1. The number of tetrazole rings is 1. The van der Waals surface area contributed by atoms with Crippen LogP contribution in [-0.4, -0.2) is 26.2 Å². The Bertz CT molecular complexity index is 906. The van der Waals surface area contributed by atoms with Crippen LogP contribution in [0.5, 0.6) is 0 Å². The van der Waals surface area contributed by atoms with E-state index >= 15 is 0 Å². The zero-order valence-corrected chi connectivity index (χ0v) is 13.5. The number of hydrogen-bond donors (Lipinski definition) is 0. The maximum Gasteiger partial charge on any atom is 0.357 e. The van der Waals surface area contributed by atoms with E-state index in [2.05, 4.69) is 15.5 Å². The third-order valence-corrected chi connectivity index (χ3v) is 3.48. The van der Waals surface area contributed by atoms with E-state index < -0.39 is 11.8 Å². The minimum Gasteiger partial charge on any atom is -0.456 e. The highest BCUT2D eigenvalue weighted by Gasteiger charge is 2.18. The highest BCUT2D eigenvalue weighted by Crippen LogP contribution is 2.15. The van der Waals surface area contributed by atoms with Gasteiger partial charge >= 0.3 is 5.97 Å². The lowest BCUT2D eigenvalue weighted by atomic mass is 10.2. The summed E-state index contributed by atoms with van der Waals surface area (Å²) in [4.78, 5) is 12.6. The summed E-state index contributed by atoms with van der Waals surface area (Å²) in [6.07, 6.45) is 1.62. The monoisotopic (exact) mass is 338 g/mol. The molecule has 3 rings (SSSR count). The van der Waals surface area contributed by atoms with Gasteiger partial charge in [-0.15, -0.1) is 5.10 Å². The fourth-order valence-electron chi connectivity index (χ4n) is 2.20. The number of nitrogens with zero attached hydrogens (tertiary/aromatic N) is 4. The van der Waals surface area contributed by atoms with Crippen LogP contribution < -0.4 is 0 Å². The van der Waals surface area contributed by atoms with Gasteiger partial charge in [0.15, 0.2) is 11.5 Å². The van der Waals surface area contributed by atoms with Crippen molar-refractivity contribution in [1.82, 2.24) is 20.2 Å². The van der Waals surface area contributed by atoms with Crippen molar-refractivity contribution in [2.75, 3.05) is 0 Å². The number of halogens is 1. The van der Waals surface area contributed by atoms with Crippen LogP contribution >= 0.6 is 0 Å². The Morgan fingerprint density at radius 2 is 1.88 bits per heavy atom. The smallest absolute Gasteiger partial charge is 0.357 e. The lowest BCUT2D eigenvalue weighted by Gasteiger charge is -2.09. The zero-order valence-electron chi connectivity index (χ0n) is 13.5. The van der Waals surface area contributed by atoms with Crippen molar-refractivity contribution in [3.05, 3.63) is 77.4 Å². The normalized spacial score (nSPS) is 11.4. The summed E-state index contributed by atoms with van der Waals surface area (Å²) in [5.74, 6) is -0.643. The Morgan fingerprint density at radius 1 is 1.16 bits per heavy atom. The number of hydrogen-bond acceptors (Lipinski definition) is 5. The molecular formula is C18H15FN4O2. The second-order valence-electron chi connectivity index (χ2n) is 5.25. The number of ether oxygens (including phenoxy) is 1. The molecule has 126 valence electrons. The van der Waals surface area contributed by atoms with E-state index in [4.69, 9.17) is 4.74 Å². The molecule has 0 bridgehead atoms. The SMILES string of the molecule is Cc1nnnn1/C(=C\c1ccccc1)C(=O)OCc1ccccc1F. The predicted octanol–water partition coefficient (Wildman–Crippen LogP) is 2.86. The first-order valence-corrected chi connectivity index (χ1v) is 7.58. The van der Waals surface area contributed by atoms with Gasteiger partial charge in [-0.3, -0.25) is 0 Å². The molecule has 0 N–H and O–H groups in total. The van der Waals surface area contributed by atoms with Gasteiger partial charge in [0.1, 0.15) is 12.4 Å². The number of aromatic nitrogens is 4. The van der Waals surface area contributed by atoms with Gasteiger partial charge in [-0.25, -0.2) is 9.18 Å². The first-order valence-electron chi connectivity index (χ1n) is 7.58. The topological polar surface area (TPSA) is 69.9 Å². The van der Waals surface area contributed by atoms with Gasteiger partial charge in [-0.1, -0.05) is 48.5 Å². The van der Waals surface area contributed by atoms with E-state index in [0.29, 0.717) is 11.4 Å². The van der Waals surface area contributed by atoms with Crippen LogP contribution in [0.1, 0.15) is 17.0 Å². The lowest BCUT2D eigenvalue weighted by Crippen LogP contribution is -2.15. The van der Waals surface area contributed by atoms with Gasteiger partial charge in [0.25, 0.3) is 0 Å². The Morgan fingerprint density at radius 3 is 2.56 bits per heavy atom. The van der Waals surface area contributed by atoms with Gasteiger partial charge in [0.2, 0.25) is 0 Å². The third kappa shape index (κ3) is 3.95. The number of benzene rings is 2. The van der Waals surface area contributed by atoms with Crippen LogP contribution in [0.4, 0.5) is 4.39 Å². The van der Waals surface area contributed by atoms with Crippen molar-refractivity contribution >= 4 is 17.7 Å². The van der Waals surface area contributed by atoms with Crippen LogP contribution in [0.3, 0.4) is 0 Å². The Hall–Kier alpha value is -3.35. The average Bonchev–Trinajstić information content (AvgIpc) is 3.05. The minimum atomic E-state index is -0.650. The minimum absolute atomic E-state index is 0.144. The summed E-state index contributed by atoms with van der Waals surface area (Å²) in [7, 11) is 0. The van der Waals surface area contributed by atoms with E-state index in [9.17, 15) is 9.18 Å². The predicted molar refractivity (Wildman–Crippen MR) is 89.4 cm³/mol. The van der Waals surface area contributed by atoms with Gasteiger partial charge in [-0.2, -0.15) is 4.68 Å². The van der Waals surface area contributed by atoms with E-state index in [1.165, 1.54) is 10.7 Å². The first kappa shape index (κ1) is 16.5. The molecule has 7 heteroatoms. The summed E-state index contributed by atoms with van der Waals surface area (Å²) in [5, 5.41) is 11.2. The molecule has 0 saturated carbocycles. The second-order valence-corrected chi connectivity index (χ2v) is 5.25. The fraction of sp³-hybridized carbons (Fsp3) is 0.111. The molecule has 0 spiro atoms. The summed E-state index contributed by atoms with van der Waals surface area (Å²) >= 11 is 0. The zero-order chi connectivity index (χ0) is 17.6. The molecule has 0 fully saturated rings. The summed E-state index contributed by atoms with van der Waals surface area (Å²) in [6.45, 7) is 1.49. The second kappa shape index (κ2) is 7.48. The third-order valence-electron chi connectivity index (χ3n) is 3.48. The van der Waals surface area contributed by atoms with Crippen molar-refractivity contribution in [2.45, 2.75) is 13.5 Å². The average molecular weight is 338 g/mol. The molecule has 0 amide bonds. The first-order chi connectivity index (χ1) is 12.1. The molecule has 0 aliphatic heterocycles.